The van der Waals surface area contributed by atoms with E-state index in [1.165, 1.54) is 6.26 Å². The predicted molar refractivity (Wildman–Crippen MR) is 53.6 cm³/mol. The maximum atomic E-state index is 11.4. The maximum Gasteiger partial charge on any atom is 0.212 e. The zero-order valence-corrected chi connectivity index (χ0v) is 8.51. The van der Waals surface area contributed by atoms with Crippen molar-refractivity contribution in [2.45, 2.75) is 4.90 Å². The lowest BCUT2D eigenvalue weighted by molar-refractivity contribution is -0.345. The SMILES string of the molecule is CS(=O)(=O)c1cc[nH+]c2ccccc12. The molecular weight excluding hydrogens is 198 g/mol. The Morgan fingerprint density at radius 2 is 1.86 bits per heavy atom. The summed E-state index contributed by atoms with van der Waals surface area (Å²) in [4.78, 5) is 3.37. The molecule has 2 rings (SSSR count). The fraction of sp³-hybridized carbons (Fsp3) is 0.100. The molecule has 0 radical (unpaired) electrons. The maximum absolute atomic E-state index is 11.4. The van der Waals surface area contributed by atoms with Crippen molar-refractivity contribution in [2.24, 2.45) is 0 Å². The Hall–Kier alpha value is -1.42. The summed E-state index contributed by atoms with van der Waals surface area (Å²) in [6, 6.07) is 8.92. The summed E-state index contributed by atoms with van der Waals surface area (Å²) < 4.78 is 22.9. The monoisotopic (exact) mass is 208 g/mol. The smallest absolute Gasteiger partial charge is 0.212 e. The van der Waals surface area contributed by atoms with Gasteiger partial charge in [-0.15, -0.1) is 0 Å². The van der Waals surface area contributed by atoms with Gasteiger partial charge in [-0.05, 0) is 6.07 Å². The van der Waals surface area contributed by atoms with Crippen LogP contribution in [0.5, 0.6) is 0 Å². The first-order valence-corrected chi connectivity index (χ1v) is 6.08. The fourth-order valence-electron chi connectivity index (χ4n) is 1.44. The fourth-order valence-corrected chi connectivity index (χ4v) is 2.34. The number of benzene rings is 1. The molecule has 1 aromatic carbocycles. The normalized spacial score (nSPS) is 11.8. The van der Waals surface area contributed by atoms with Crippen LogP contribution in [0.25, 0.3) is 10.9 Å². The van der Waals surface area contributed by atoms with Gasteiger partial charge in [0.15, 0.2) is 16.0 Å². The lowest BCUT2D eigenvalue weighted by Gasteiger charge is -1.98. The van der Waals surface area contributed by atoms with Gasteiger partial charge in [-0.25, -0.2) is 13.4 Å². The Bertz CT molecular complexity index is 570. The van der Waals surface area contributed by atoms with E-state index in [9.17, 15) is 8.42 Å². The standard InChI is InChI=1S/C10H9NO2S/c1-14(12,13)10-6-7-11-9-5-3-2-4-8(9)10/h2-7H,1H3/p+1. The number of pyridine rings is 1. The molecule has 1 heterocycles. The van der Waals surface area contributed by atoms with Gasteiger partial charge >= 0.3 is 0 Å². The molecule has 0 aliphatic carbocycles. The molecule has 0 saturated heterocycles. The number of sulfone groups is 1. The van der Waals surface area contributed by atoms with Crippen molar-refractivity contribution in [1.82, 2.24) is 0 Å². The lowest BCUT2D eigenvalue weighted by Crippen LogP contribution is -2.06. The quantitative estimate of drug-likeness (QED) is 0.703. The first kappa shape index (κ1) is 9.15. The summed E-state index contributed by atoms with van der Waals surface area (Å²) >= 11 is 0. The molecule has 0 bridgehead atoms. The summed E-state index contributed by atoms with van der Waals surface area (Å²) in [7, 11) is -3.15. The minimum Gasteiger partial charge on any atom is -0.224 e. The van der Waals surface area contributed by atoms with Crippen LogP contribution in [0.4, 0.5) is 0 Å². The number of rotatable bonds is 1. The van der Waals surface area contributed by atoms with Crippen LogP contribution in [-0.2, 0) is 9.84 Å². The number of hydrogen-bond acceptors (Lipinski definition) is 2. The van der Waals surface area contributed by atoms with E-state index in [2.05, 4.69) is 4.98 Å². The number of nitrogens with one attached hydrogen (secondary N) is 1. The third-order valence-electron chi connectivity index (χ3n) is 2.07. The van der Waals surface area contributed by atoms with Gasteiger partial charge in [0.1, 0.15) is 0 Å². The minimum atomic E-state index is -3.15. The molecule has 1 aromatic heterocycles. The molecule has 0 aliphatic rings. The van der Waals surface area contributed by atoms with Crippen molar-refractivity contribution >= 4 is 20.7 Å². The van der Waals surface area contributed by atoms with E-state index in [0.717, 1.165) is 10.9 Å². The summed E-state index contributed by atoms with van der Waals surface area (Å²) in [5, 5.41) is 0.734. The summed E-state index contributed by atoms with van der Waals surface area (Å²) in [6.07, 6.45) is 2.85. The van der Waals surface area contributed by atoms with Crippen molar-refractivity contribution < 1.29 is 13.4 Å². The molecule has 0 aliphatic heterocycles. The highest BCUT2D eigenvalue weighted by molar-refractivity contribution is 7.91. The molecule has 2 aromatic rings. The molecule has 0 amide bonds. The summed E-state index contributed by atoms with van der Waals surface area (Å²) in [5.74, 6) is 0. The van der Waals surface area contributed by atoms with Gasteiger partial charge in [0.05, 0.1) is 10.3 Å². The molecule has 14 heavy (non-hydrogen) atoms. The van der Waals surface area contributed by atoms with Gasteiger partial charge in [-0.2, -0.15) is 0 Å². The van der Waals surface area contributed by atoms with Crippen LogP contribution < -0.4 is 4.98 Å². The second-order valence-corrected chi connectivity index (χ2v) is 5.14. The summed E-state index contributed by atoms with van der Waals surface area (Å²) in [6.45, 7) is 0. The minimum absolute atomic E-state index is 0.367. The number of fused-ring (bicyclic) bond motifs is 1. The van der Waals surface area contributed by atoms with E-state index >= 15 is 0 Å². The van der Waals surface area contributed by atoms with Crippen molar-refractivity contribution in [1.29, 1.82) is 0 Å². The van der Waals surface area contributed by atoms with Gasteiger partial charge in [-0.3, -0.25) is 0 Å². The van der Waals surface area contributed by atoms with Crippen molar-refractivity contribution in [3.63, 3.8) is 0 Å². The largest absolute Gasteiger partial charge is 0.224 e. The van der Waals surface area contributed by atoms with Gasteiger partial charge < -0.3 is 0 Å². The van der Waals surface area contributed by atoms with E-state index in [-0.39, 0.29) is 0 Å². The van der Waals surface area contributed by atoms with Gasteiger partial charge in [0.25, 0.3) is 0 Å². The Kier molecular flexibility index (Phi) is 2.00. The molecule has 0 fully saturated rings. The molecule has 0 atom stereocenters. The number of hydrogen-bond donors (Lipinski definition) is 0. The van der Waals surface area contributed by atoms with E-state index in [4.69, 9.17) is 0 Å². The molecule has 1 N–H and O–H groups in total. The van der Waals surface area contributed by atoms with Crippen LogP contribution in [-0.4, -0.2) is 14.7 Å². The van der Waals surface area contributed by atoms with Crippen molar-refractivity contribution in [3.05, 3.63) is 36.5 Å². The Labute approximate surface area is 82.3 Å². The molecule has 0 saturated carbocycles. The van der Waals surface area contributed by atoms with Gasteiger partial charge in [0.2, 0.25) is 5.52 Å². The Balaban J connectivity index is 2.92. The van der Waals surface area contributed by atoms with Crippen LogP contribution >= 0.6 is 0 Å². The molecule has 72 valence electrons. The molecule has 3 nitrogen and oxygen atoms in total. The number of para-hydroxylation sites is 1. The van der Waals surface area contributed by atoms with Crippen LogP contribution in [0.3, 0.4) is 0 Å². The van der Waals surface area contributed by atoms with Gasteiger partial charge in [0, 0.05) is 18.4 Å². The first-order chi connectivity index (χ1) is 6.59. The van der Waals surface area contributed by atoms with Crippen LogP contribution in [0.1, 0.15) is 0 Å². The van der Waals surface area contributed by atoms with E-state index < -0.39 is 9.84 Å². The van der Waals surface area contributed by atoms with E-state index in [0.29, 0.717) is 4.90 Å². The summed E-state index contributed by atoms with van der Waals surface area (Å²) in [5.41, 5.74) is 0.829. The van der Waals surface area contributed by atoms with E-state index in [1.807, 2.05) is 18.2 Å². The Morgan fingerprint density at radius 3 is 2.57 bits per heavy atom. The highest BCUT2D eigenvalue weighted by atomic mass is 32.2. The second kappa shape index (κ2) is 3.06. The van der Waals surface area contributed by atoms with Gasteiger partial charge in [-0.1, -0.05) is 12.1 Å². The first-order valence-electron chi connectivity index (χ1n) is 4.18. The van der Waals surface area contributed by atoms with Crippen molar-refractivity contribution in [3.8, 4) is 0 Å². The number of aromatic nitrogens is 1. The van der Waals surface area contributed by atoms with Crippen LogP contribution in [0.2, 0.25) is 0 Å². The lowest BCUT2D eigenvalue weighted by atomic mass is 10.2. The molecule has 0 spiro atoms. The molecule has 4 heteroatoms. The average molecular weight is 208 g/mol. The number of H-pyrrole nitrogens is 1. The molecular formula is C10H10NO2S+. The zero-order chi connectivity index (χ0) is 10.2. The predicted octanol–water partition coefficient (Wildman–Crippen LogP) is 1.06. The van der Waals surface area contributed by atoms with E-state index in [1.54, 1.807) is 18.3 Å². The highest BCUT2D eigenvalue weighted by Crippen LogP contribution is 2.18. The van der Waals surface area contributed by atoms with Crippen molar-refractivity contribution in [2.75, 3.05) is 6.26 Å². The second-order valence-electron chi connectivity index (χ2n) is 3.16. The van der Waals surface area contributed by atoms with Crippen LogP contribution in [0.15, 0.2) is 41.4 Å². The zero-order valence-electron chi connectivity index (χ0n) is 7.69. The topological polar surface area (TPSA) is 48.3 Å². The third-order valence-corrected chi connectivity index (χ3v) is 3.22. The highest BCUT2D eigenvalue weighted by Gasteiger charge is 2.13. The number of aromatic amines is 1. The van der Waals surface area contributed by atoms with Crippen LogP contribution in [0, 0.1) is 0 Å². The molecule has 0 unspecified atom stereocenters. The third kappa shape index (κ3) is 1.48. The Morgan fingerprint density at radius 1 is 1.14 bits per heavy atom. The average Bonchev–Trinajstić information content (AvgIpc) is 2.15.